The SMILES string of the molecule is C1=CC2NC3=C(N=C2C=C1P(c1ccccc1-c1ccccc1)c1ccccc1-c1ccccc1)c1cccc2cccc3c12. The van der Waals surface area contributed by atoms with Crippen molar-refractivity contribution in [3.8, 4) is 22.3 Å². The Morgan fingerprint density at radius 3 is 1.73 bits per heavy atom. The van der Waals surface area contributed by atoms with E-state index < -0.39 is 7.92 Å². The van der Waals surface area contributed by atoms with Crippen LogP contribution in [0.15, 0.2) is 174 Å². The van der Waals surface area contributed by atoms with Crippen molar-refractivity contribution in [3.05, 3.63) is 180 Å². The summed E-state index contributed by atoms with van der Waals surface area (Å²) in [6, 6.07) is 52.6. The fourth-order valence-electron chi connectivity index (χ4n) is 6.97. The Balaban J connectivity index is 1.24. The van der Waals surface area contributed by atoms with E-state index in [-0.39, 0.29) is 6.04 Å². The highest BCUT2D eigenvalue weighted by atomic mass is 31.1. The molecule has 3 heteroatoms. The smallest absolute Gasteiger partial charge is 0.0950 e. The molecule has 0 fully saturated rings. The molecule has 0 bridgehead atoms. The molecule has 0 spiro atoms. The van der Waals surface area contributed by atoms with Crippen molar-refractivity contribution in [2.24, 2.45) is 4.99 Å². The highest BCUT2D eigenvalue weighted by Crippen LogP contribution is 2.50. The van der Waals surface area contributed by atoms with Crippen molar-refractivity contribution < 1.29 is 0 Å². The first-order valence-corrected chi connectivity index (χ1v) is 16.8. The van der Waals surface area contributed by atoms with Gasteiger partial charge in [0.15, 0.2) is 0 Å². The average Bonchev–Trinajstić information content (AvgIpc) is 3.42. The van der Waals surface area contributed by atoms with E-state index in [1.807, 2.05) is 0 Å². The third kappa shape index (κ3) is 4.33. The summed E-state index contributed by atoms with van der Waals surface area (Å²) in [6.07, 6.45) is 7.02. The quantitative estimate of drug-likeness (QED) is 0.198. The number of benzene rings is 6. The van der Waals surface area contributed by atoms with Gasteiger partial charge in [-0.3, -0.25) is 0 Å². The summed E-state index contributed by atoms with van der Waals surface area (Å²) in [5, 5.41) is 10.4. The number of rotatable bonds is 5. The zero-order valence-corrected chi connectivity index (χ0v) is 25.5. The Morgan fingerprint density at radius 2 is 1.09 bits per heavy atom. The molecule has 6 aromatic carbocycles. The monoisotopic (exact) mass is 592 g/mol. The summed E-state index contributed by atoms with van der Waals surface area (Å²) in [6.45, 7) is 0. The van der Waals surface area contributed by atoms with E-state index in [2.05, 4.69) is 169 Å². The fraction of sp³-hybridized carbons (Fsp3) is 0.0238. The molecule has 1 aliphatic heterocycles. The van der Waals surface area contributed by atoms with Crippen molar-refractivity contribution in [3.63, 3.8) is 0 Å². The van der Waals surface area contributed by atoms with E-state index >= 15 is 0 Å². The van der Waals surface area contributed by atoms with Crippen LogP contribution in [0.1, 0.15) is 11.1 Å². The molecule has 1 heterocycles. The second-order valence-electron chi connectivity index (χ2n) is 11.6. The summed E-state index contributed by atoms with van der Waals surface area (Å²) in [7, 11) is -0.936. The molecule has 6 aromatic rings. The number of fused-ring (bicyclic) bond motifs is 3. The largest absolute Gasteiger partial charge is 0.371 e. The van der Waals surface area contributed by atoms with Gasteiger partial charge in [0.05, 0.1) is 23.1 Å². The van der Waals surface area contributed by atoms with Crippen molar-refractivity contribution in [2.75, 3.05) is 0 Å². The first kappa shape index (κ1) is 26.1. The second-order valence-corrected chi connectivity index (χ2v) is 13.8. The van der Waals surface area contributed by atoms with Crippen LogP contribution in [0.3, 0.4) is 0 Å². The molecule has 1 atom stereocenters. The topological polar surface area (TPSA) is 24.4 Å². The molecule has 0 aromatic heterocycles. The van der Waals surface area contributed by atoms with Gasteiger partial charge in [0, 0.05) is 16.5 Å². The van der Waals surface area contributed by atoms with Crippen LogP contribution in [0.4, 0.5) is 0 Å². The maximum Gasteiger partial charge on any atom is 0.0950 e. The van der Waals surface area contributed by atoms with Gasteiger partial charge in [-0.25, -0.2) is 4.99 Å². The first-order valence-electron chi connectivity index (χ1n) is 15.4. The van der Waals surface area contributed by atoms with E-state index in [9.17, 15) is 0 Å². The normalized spacial score (nSPS) is 16.2. The third-order valence-corrected chi connectivity index (χ3v) is 11.5. The van der Waals surface area contributed by atoms with E-state index in [1.54, 1.807) is 0 Å². The molecule has 0 amide bonds. The van der Waals surface area contributed by atoms with Crippen LogP contribution in [0, 0.1) is 0 Å². The molecule has 2 nitrogen and oxygen atoms in total. The molecule has 0 saturated carbocycles. The van der Waals surface area contributed by atoms with Crippen molar-refractivity contribution in [1.82, 2.24) is 5.32 Å². The maximum atomic E-state index is 5.40. The van der Waals surface area contributed by atoms with Gasteiger partial charge in [-0.1, -0.05) is 158 Å². The van der Waals surface area contributed by atoms with E-state index in [4.69, 9.17) is 4.99 Å². The Hall–Kier alpha value is -5.30. The molecule has 2 aliphatic carbocycles. The Morgan fingerprint density at radius 1 is 0.533 bits per heavy atom. The van der Waals surface area contributed by atoms with Crippen LogP contribution < -0.4 is 15.9 Å². The van der Waals surface area contributed by atoms with Crippen molar-refractivity contribution >= 4 is 46.4 Å². The van der Waals surface area contributed by atoms with Crippen LogP contribution in [-0.4, -0.2) is 11.8 Å². The molecule has 1 unspecified atom stereocenters. The highest BCUT2D eigenvalue weighted by molar-refractivity contribution is 7.77. The summed E-state index contributed by atoms with van der Waals surface area (Å²) in [4.78, 5) is 5.40. The van der Waals surface area contributed by atoms with Crippen LogP contribution in [0.5, 0.6) is 0 Å². The summed E-state index contributed by atoms with van der Waals surface area (Å²) >= 11 is 0. The van der Waals surface area contributed by atoms with Gasteiger partial charge in [-0.05, 0) is 57.6 Å². The van der Waals surface area contributed by atoms with E-state index in [0.717, 1.165) is 17.1 Å². The first-order chi connectivity index (χ1) is 22.3. The minimum Gasteiger partial charge on any atom is -0.371 e. The molecule has 9 rings (SSSR count). The van der Waals surface area contributed by atoms with Gasteiger partial charge in [0.2, 0.25) is 0 Å². The summed E-state index contributed by atoms with van der Waals surface area (Å²) in [5.41, 5.74) is 10.7. The Labute approximate surface area is 264 Å². The maximum absolute atomic E-state index is 5.40. The zero-order chi connectivity index (χ0) is 29.7. The number of allylic oxidation sites excluding steroid dienone is 2. The average molecular weight is 593 g/mol. The predicted octanol–water partition coefficient (Wildman–Crippen LogP) is 9.31. The fourth-order valence-corrected chi connectivity index (χ4v) is 9.64. The van der Waals surface area contributed by atoms with Gasteiger partial charge in [-0.2, -0.15) is 0 Å². The van der Waals surface area contributed by atoms with E-state index in [0.29, 0.717) is 0 Å². The van der Waals surface area contributed by atoms with Gasteiger partial charge >= 0.3 is 0 Å². The van der Waals surface area contributed by atoms with Crippen molar-refractivity contribution in [1.29, 1.82) is 0 Å². The third-order valence-electron chi connectivity index (χ3n) is 9.00. The van der Waals surface area contributed by atoms with Gasteiger partial charge < -0.3 is 5.32 Å². The van der Waals surface area contributed by atoms with Gasteiger partial charge in [0.1, 0.15) is 0 Å². The molecule has 212 valence electrons. The number of nitrogens with one attached hydrogen (secondary N) is 1. The zero-order valence-electron chi connectivity index (χ0n) is 24.6. The molecule has 0 saturated heterocycles. The highest BCUT2D eigenvalue weighted by Gasteiger charge is 2.33. The number of hydrogen-bond donors (Lipinski definition) is 1. The molecule has 45 heavy (non-hydrogen) atoms. The lowest BCUT2D eigenvalue weighted by atomic mass is 10.0. The minimum absolute atomic E-state index is 0.0302. The molecular formula is C42H29N2P. The molecule has 1 N–H and O–H groups in total. The predicted molar refractivity (Wildman–Crippen MR) is 192 cm³/mol. The lowest BCUT2D eigenvalue weighted by Gasteiger charge is -2.30. The molecule has 3 aliphatic rings. The number of aliphatic imine (C=N–C) groups is 1. The second kappa shape index (κ2) is 10.7. The standard InChI is InChI=1S/C42H29N2P/c1-3-13-28(14-4-1)32-19-7-9-23-38(32)45(39-24-10-8-20-33(39)29-15-5-2-6-16-29)31-25-26-36-37(27-31)44-42-35-22-12-18-30-17-11-21-34(40(30)35)41(42)43-36/h1-27,36,43H. The number of nitrogens with zero attached hydrogens (tertiary/aromatic N) is 1. The van der Waals surface area contributed by atoms with Gasteiger partial charge in [-0.15, -0.1) is 0 Å². The lowest BCUT2D eigenvalue weighted by Crippen LogP contribution is -2.37. The van der Waals surface area contributed by atoms with Crippen LogP contribution in [0.25, 0.3) is 44.4 Å². The van der Waals surface area contributed by atoms with Crippen LogP contribution in [0.2, 0.25) is 0 Å². The summed E-state index contributed by atoms with van der Waals surface area (Å²) in [5.74, 6) is 0. The van der Waals surface area contributed by atoms with E-state index in [1.165, 1.54) is 60.1 Å². The van der Waals surface area contributed by atoms with Crippen LogP contribution in [-0.2, 0) is 0 Å². The minimum atomic E-state index is -0.936. The molecule has 0 radical (unpaired) electrons. The molecular weight excluding hydrogens is 563 g/mol. The van der Waals surface area contributed by atoms with Crippen LogP contribution >= 0.6 is 7.92 Å². The lowest BCUT2D eigenvalue weighted by molar-refractivity contribution is 0.886. The Kier molecular flexibility index (Phi) is 6.21. The van der Waals surface area contributed by atoms with Gasteiger partial charge in [0.25, 0.3) is 0 Å². The number of hydrogen-bond acceptors (Lipinski definition) is 2. The van der Waals surface area contributed by atoms with Crippen molar-refractivity contribution in [2.45, 2.75) is 6.04 Å². The summed E-state index contributed by atoms with van der Waals surface area (Å²) < 4.78 is 0. The Bertz CT molecular complexity index is 2150.